The summed E-state index contributed by atoms with van der Waals surface area (Å²) < 4.78 is 7.43. The van der Waals surface area contributed by atoms with Crippen LogP contribution >= 0.6 is 0 Å². The van der Waals surface area contributed by atoms with Gasteiger partial charge in [-0.1, -0.05) is 61.5 Å². The van der Waals surface area contributed by atoms with Crippen molar-refractivity contribution in [2.75, 3.05) is 14.1 Å². The smallest absolute Gasteiger partial charge is 0.0974 e. The van der Waals surface area contributed by atoms with E-state index < -0.39 is 0 Å². The van der Waals surface area contributed by atoms with Crippen LogP contribution in [0.2, 0.25) is 0 Å². The SMILES string of the molecule is CN(C)[C@@H]1CCC2=CC3=CC[C@]4(C)C(c5ccc6ccccc6c5)CC[C@H]4C34CC[C@]2(C1)O4. The van der Waals surface area contributed by atoms with E-state index in [1.807, 2.05) is 0 Å². The topological polar surface area (TPSA) is 12.5 Å². The normalized spacial score (nSPS) is 41.4. The summed E-state index contributed by atoms with van der Waals surface area (Å²) >= 11 is 0. The van der Waals surface area contributed by atoms with Gasteiger partial charge in [-0.2, -0.15) is 0 Å². The van der Waals surface area contributed by atoms with Crippen LogP contribution < -0.4 is 0 Å². The molecule has 2 bridgehead atoms. The van der Waals surface area contributed by atoms with Crippen LogP contribution in [0.1, 0.15) is 69.8 Å². The maximum absolute atomic E-state index is 7.43. The third-order valence-electron chi connectivity index (χ3n) is 10.6. The molecular formula is C31H37NO. The first kappa shape index (κ1) is 20.5. The minimum Gasteiger partial charge on any atom is -0.359 e. The van der Waals surface area contributed by atoms with Crippen molar-refractivity contribution in [3.63, 3.8) is 0 Å². The minimum absolute atomic E-state index is 0.00378. The number of hydrogen-bond donors (Lipinski definition) is 0. The van der Waals surface area contributed by atoms with Gasteiger partial charge in [-0.15, -0.1) is 0 Å². The van der Waals surface area contributed by atoms with Crippen LogP contribution in [0.15, 0.2) is 65.8 Å². The Morgan fingerprint density at radius 2 is 1.82 bits per heavy atom. The van der Waals surface area contributed by atoms with E-state index in [2.05, 4.69) is 80.5 Å². The van der Waals surface area contributed by atoms with Gasteiger partial charge < -0.3 is 9.64 Å². The summed E-state index contributed by atoms with van der Waals surface area (Å²) in [6.07, 6.45) is 15.1. The van der Waals surface area contributed by atoms with Gasteiger partial charge >= 0.3 is 0 Å². The predicted octanol–water partition coefficient (Wildman–Crippen LogP) is 7.01. The minimum atomic E-state index is -0.0453. The van der Waals surface area contributed by atoms with E-state index in [0.717, 1.165) is 0 Å². The first-order valence-electron chi connectivity index (χ1n) is 13.2. The maximum atomic E-state index is 7.43. The van der Waals surface area contributed by atoms with E-state index in [1.54, 1.807) is 5.57 Å². The van der Waals surface area contributed by atoms with Gasteiger partial charge in [0.1, 0.15) is 0 Å². The molecule has 0 aromatic heterocycles. The highest BCUT2D eigenvalue weighted by Crippen LogP contribution is 2.69. The summed E-state index contributed by atoms with van der Waals surface area (Å²) in [6, 6.07) is 16.7. The van der Waals surface area contributed by atoms with Gasteiger partial charge in [-0.3, -0.25) is 0 Å². The Bertz CT molecular complexity index is 1190. The Labute approximate surface area is 198 Å². The summed E-state index contributed by atoms with van der Waals surface area (Å²) in [5, 5.41) is 2.73. The van der Waals surface area contributed by atoms with Gasteiger partial charge in [0.15, 0.2) is 0 Å². The highest BCUT2D eigenvalue weighted by molar-refractivity contribution is 5.83. The second kappa shape index (κ2) is 6.83. The monoisotopic (exact) mass is 439 g/mol. The molecular weight excluding hydrogens is 402 g/mol. The number of allylic oxidation sites excluding steroid dienone is 1. The average Bonchev–Trinajstić information content (AvgIpc) is 3.33. The largest absolute Gasteiger partial charge is 0.359 e. The van der Waals surface area contributed by atoms with Crippen LogP contribution in [0.25, 0.3) is 10.8 Å². The van der Waals surface area contributed by atoms with Gasteiger partial charge in [0, 0.05) is 6.04 Å². The van der Waals surface area contributed by atoms with Gasteiger partial charge in [-0.05, 0) is 110 Å². The summed E-state index contributed by atoms with van der Waals surface area (Å²) in [5.41, 5.74) is 4.92. The Kier molecular flexibility index (Phi) is 4.24. The van der Waals surface area contributed by atoms with E-state index >= 15 is 0 Å². The lowest BCUT2D eigenvalue weighted by molar-refractivity contribution is -0.139. The fourth-order valence-electron chi connectivity index (χ4n) is 8.80. The van der Waals surface area contributed by atoms with Crippen molar-refractivity contribution in [3.05, 3.63) is 71.3 Å². The molecule has 2 heterocycles. The fourth-order valence-corrected chi connectivity index (χ4v) is 8.80. The molecule has 2 aromatic rings. The van der Waals surface area contributed by atoms with Crippen molar-refractivity contribution in [1.29, 1.82) is 0 Å². The van der Waals surface area contributed by atoms with Crippen LogP contribution in [0.4, 0.5) is 0 Å². The van der Waals surface area contributed by atoms with E-state index in [-0.39, 0.29) is 16.6 Å². The summed E-state index contributed by atoms with van der Waals surface area (Å²) in [4.78, 5) is 2.43. The Balaban J connectivity index is 1.28. The average molecular weight is 440 g/mol. The maximum Gasteiger partial charge on any atom is 0.0974 e. The van der Waals surface area contributed by atoms with Gasteiger partial charge in [0.25, 0.3) is 0 Å². The standard InChI is InChI=1S/C31H37NO/c1-29-15-14-25-19-24-10-11-26(32(2)3)20-30(24)16-17-31(25,33-30)28(29)13-12-27(29)23-9-8-21-6-4-5-7-22(21)18-23/h4-9,14,18-19,26-28H,10-13,15-17,20H2,1-3H3/t26-,27?,28-,29-,30-,31?/m1/s1. The van der Waals surface area contributed by atoms with Crippen LogP contribution in [-0.4, -0.2) is 36.2 Å². The van der Waals surface area contributed by atoms with Crippen LogP contribution in [-0.2, 0) is 4.74 Å². The number of rotatable bonds is 2. The third kappa shape index (κ3) is 2.68. The molecule has 5 aliphatic rings. The van der Waals surface area contributed by atoms with Crippen LogP contribution in [0.3, 0.4) is 0 Å². The van der Waals surface area contributed by atoms with Gasteiger partial charge in [-0.25, -0.2) is 0 Å². The fraction of sp³-hybridized carbons (Fsp3) is 0.548. The first-order chi connectivity index (χ1) is 15.9. The number of benzene rings is 2. The highest BCUT2D eigenvalue weighted by atomic mass is 16.5. The van der Waals surface area contributed by atoms with Crippen molar-refractivity contribution in [3.8, 4) is 0 Å². The zero-order valence-electron chi connectivity index (χ0n) is 20.4. The second-order valence-electron chi connectivity index (χ2n) is 12.2. The van der Waals surface area contributed by atoms with Crippen molar-refractivity contribution in [2.24, 2.45) is 11.3 Å². The molecule has 2 aliphatic heterocycles. The lowest BCUT2D eigenvalue weighted by Gasteiger charge is -2.54. The van der Waals surface area contributed by atoms with Crippen molar-refractivity contribution in [1.82, 2.24) is 4.90 Å². The van der Waals surface area contributed by atoms with Crippen molar-refractivity contribution >= 4 is 10.8 Å². The van der Waals surface area contributed by atoms with E-state index in [9.17, 15) is 0 Å². The highest BCUT2D eigenvalue weighted by Gasteiger charge is 2.66. The molecule has 3 aliphatic carbocycles. The number of nitrogens with zero attached hydrogens (tertiary/aromatic N) is 1. The van der Waals surface area contributed by atoms with Crippen molar-refractivity contribution in [2.45, 2.75) is 81.5 Å². The molecule has 1 saturated heterocycles. The molecule has 0 amide bonds. The lowest BCUT2D eigenvalue weighted by atomic mass is 9.58. The molecule has 2 aromatic carbocycles. The van der Waals surface area contributed by atoms with Crippen molar-refractivity contribution < 1.29 is 4.74 Å². The molecule has 2 saturated carbocycles. The molecule has 2 nitrogen and oxygen atoms in total. The Hall–Kier alpha value is -1.90. The quantitative estimate of drug-likeness (QED) is 0.499. The number of hydrogen-bond acceptors (Lipinski definition) is 2. The molecule has 2 unspecified atom stereocenters. The summed E-state index contributed by atoms with van der Waals surface area (Å²) in [5.74, 6) is 1.24. The number of ether oxygens (including phenoxy) is 1. The van der Waals surface area contributed by atoms with Crippen LogP contribution in [0.5, 0.6) is 0 Å². The van der Waals surface area contributed by atoms with E-state index in [1.165, 1.54) is 73.3 Å². The van der Waals surface area contributed by atoms with E-state index in [0.29, 0.717) is 17.9 Å². The zero-order chi connectivity index (χ0) is 22.4. The molecule has 3 fully saturated rings. The molecule has 172 valence electrons. The Morgan fingerprint density at radius 3 is 2.67 bits per heavy atom. The third-order valence-corrected chi connectivity index (χ3v) is 10.6. The molecule has 6 atom stereocenters. The molecule has 33 heavy (non-hydrogen) atoms. The van der Waals surface area contributed by atoms with Gasteiger partial charge in [0.2, 0.25) is 0 Å². The molecule has 0 radical (unpaired) electrons. The second-order valence-corrected chi connectivity index (χ2v) is 12.2. The lowest BCUT2D eigenvalue weighted by Crippen LogP contribution is -2.55. The Morgan fingerprint density at radius 1 is 0.970 bits per heavy atom. The molecule has 2 heteroatoms. The zero-order valence-corrected chi connectivity index (χ0v) is 20.4. The molecule has 7 rings (SSSR count). The van der Waals surface area contributed by atoms with Gasteiger partial charge in [0.05, 0.1) is 11.2 Å². The molecule has 0 N–H and O–H groups in total. The van der Waals surface area contributed by atoms with E-state index in [4.69, 9.17) is 4.74 Å². The summed E-state index contributed by atoms with van der Waals surface area (Å²) in [6.45, 7) is 2.59. The summed E-state index contributed by atoms with van der Waals surface area (Å²) in [7, 11) is 4.50. The molecule has 2 spiro atoms. The van der Waals surface area contributed by atoms with Crippen LogP contribution in [0, 0.1) is 11.3 Å². The predicted molar refractivity (Wildman–Crippen MR) is 135 cm³/mol. The first-order valence-corrected chi connectivity index (χ1v) is 13.2. The number of fused-ring (bicyclic) bond motifs is 2.